The molecule has 0 saturated carbocycles. The minimum absolute atomic E-state index is 0.400. The fraction of sp³-hybridized carbons (Fsp3) is 0.600. The van der Waals surface area contributed by atoms with Crippen LogP contribution in [0.4, 0.5) is 0 Å². The number of likely N-dealkylation sites (N-methyl/N-ethyl adjacent to an activating group) is 1. The zero-order chi connectivity index (χ0) is 13.5. The molecular formula is C15H22N2OS. The van der Waals surface area contributed by atoms with E-state index in [1.807, 2.05) is 0 Å². The maximum absolute atomic E-state index is 5.78. The zero-order valence-corrected chi connectivity index (χ0v) is 12.3. The van der Waals surface area contributed by atoms with Gasteiger partial charge in [-0.1, -0.05) is 11.8 Å². The lowest BCUT2D eigenvalue weighted by atomic mass is 10.1. The normalized spacial score (nSPS) is 19.2. The summed E-state index contributed by atoms with van der Waals surface area (Å²) in [6.07, 6.45) is 4.10. The van der Waals surface area contributed by atoms with E-state index in [4.69, 9.17) is 10.5 Å². The van der Waals surface area contributed by atoms with E-state index in [2.05, 4.69) is 35.2 Å². The van der Waals surface area contributed by atoms with Gasteiger partial charge in [-0.3, -0.25) is 4.90 Å². The number of thiophene rings is 1. The quantitative estimate of drug-likeness (QED) is 0.857. The maximum atomic E-state index is 5.78. The topological polar surface area (TPSA) is 38.5 Å². The molecule has 0 aromatic carbocycles. The molecule has 1 aromatic heterocycles. The van der Waals surface area contributed by atoms with Gasteiger partial charge in [-0.15, -0.1) is 11.3 Å². The van der Waals surface area contributed by atoms with Gasteiger partial charge in [0.25, 0.3) is 0 Å². The van der Waals surface area contributed by atoms with Crippen LogP contribution in [0, 0.1) is 11.8 Å². The first-order valence-corrected chi connectivity index (χ1v) is 7.73. The third-order valence-corrected chi connectivity index (χ3v) is 4.18. The largest absolute Gasteiger partial charge is 0.377 e. The van der Waals surface area contributed by atoms with Gasteiger partial charge in [-0.2, -0.15) is 0 Å². The monoisotopic (exact) mass is 278 g/mol. The van der Waals surface area contributed by atoms with E-state index in [1.54, 1.807) is 11.3 Å². The van der Waals surface area contributed by atoms with Gasteiger partial charge in [0.05, 0.1) is 12.6 Å². The molecule has 1 saturated heterocycles. The van der Waals surface area contributed by atoms with Crippen molar-refractivity contribution in [2.75, 3.05) is 26.7 Å². The second kappa shape index (κ2) is 7.66. The Labute approximate surface area is 119 Å². The van der Waals surface area contributed by atoms with E-state index in [-0.39, 0.29) is 0 Å². The van der Waals surface area contributed by atoms with Gasteiger partial charge in [0.1, 0.15) is 0 Å². The Kier molecular flexibility index (Phi) is 5.87. The summed E-state index contributed by atoms with van der Waals surface area (Å²) in [7, 11) is 2.15. The Balaban J connectivity index is 1.87. The van der Waals surface area contributed by atoms with Gasteiger partial charge >= 0.3 is 0 Å². The molecule has 0 amide bonds. The first-order valence-electron chi connectivity index (χ1n) is 6.85. The van der Waals surface area contributed by atoms with Crippen LogP contribution >= 0.6 is 11.3 Å². The molecule has 1 aromatic rings. The molecule has 0 bridgehead atoms. The number of rotatable bonds is 4. The first kappa shape index (κ1) is 14.5. The minimum Gasteiger partial charge on any atom is -0.377 e. The lowest BCUT2D eigenvalue weighted by molar-refractivity contribution is -0.00246. The highest BCUT2D eigenvalue weighted by molar-refractivity contribution is 7.10. The molecule has 1 atom stereocenters. The summed E-state index contributed by atoms with van der Waals surface area (Å²) >= 11 is 1.76. The van der Waals surface area contributed by atoms with Crippen molar-refractivity contribution in [2.45, 2.75) is 31.9 Å². The number of ether oxygens (including phenoxy) is 1. The van der Waals surface area contributed by atoms with Crippen molar-refractivity contribution < 1.29 is 4.74 Å². The van der Waals surface area contributed by atoms with Gasteiger partial charge in [-0.05, 0) is 37.8 Å². The summed E-state index contributed by atoms with van der Waals surface area (Å²) in [6.45, 7) is 3.28. The fourth-order valence-corrected chi connectivity index (χ4v) is 3.24. The highest BCUT2D eigenvalue weighted by atomic mass is 32.1. The Morgan fingerprint density at radius 2 is 2.42 bits per heavy atom. The van der Waals surface area contributed by atoms with Crippen molar-refractivity contribution in [1.29, 1.82) is 0 Å². The SMILES string of the molecule is CN(Cc1sccc1C#CCN)CC1CCCCO1. The average Bonchev–Trinajstić information content (AvgIpc) is 2.84. The molecule has 1 aliphatic heterocycles. The predicted octanol–water partition coefficient (Wildman–Crippen LogP) is 2.06. The van der Waals surface area contributed by atoms with Crippen LogP contribution in [0.2, 0.25) is 0 Å². The second-order valence-corrected chi connectivity index (χ2v) is 5.95. The predicted molar refractivity (Wildman–Crippen MR) is 80.2 cm³/mol. The summed E-state index contributed by atoms with van der Waals surface area (Å²) in [4.78, 5) is 3.65. The van der Waals surface area contributed by atoms with Gasteiger partial charge in [0, 0.05) is 30.1 Å². The minimum atomic E-state index is 0.400. The van der Waals surface area contributed by atoms with Crippen molar-refractivity contribution in [1.82, 2.24) is 4.90 Å². The van der Waals surface area contributed by atoms with Gasteiger partial charge < -0.3 is 10.5 Å². The van der Waals surface area contributed by atoms with Crippen molar-refractivity contribution in [2.24, 2.45) is 5.73 Å². The molecule has 1 unspecified atom stereocenters. The lowest BCUT2D eigenvalue weighted by Crippen LogP contribution is -2.33. The molecule has 19 heavy (non-hydrogen) atoms. The van der Waals surface area contributed by atoms with Crippen molar-refractivity contribution in [3.05, 3.63) is 21.9 Å². The van der Waals surface area contributed by atoms with Crippen LogP contribution < -0.4 is 5.73 Å². The highest BCUT2D eigenvalue weighted by Gasteiger charge is 2.16. The zero-order valence-electron chi connectivity index (χ0n) is 11.5. The van der Waals surface area contributed by atoms with Crippen molar-refractivity contribution in [3.8, 4) is 11.8 Å². The summed E-state index contributed by atoms with van der Waals surface area (Å²) in [5.74, 6) is 6.07. The van der Waals surface area contributed by atoms with Crippen LogP contribution in [0.25, 0.3) is 0 Å². The fourth-order valence-electron chi connectivity index (χ4n) is 2.33. The van der Waals surface area contributed by atoms with Crippen LogP contribution in [0.5, 0.6) is 0 Å². The van der Waals surface area contributed by atoms with Gasteiger partial charge in [-0.25, -0.2) is 0 Å². The van der Waals surface area contributed by atoms with Crippen LogP contribution in [0.15, 0.2) is 11.4 Å². The third kappa shape index (κ3) is 4.63. The Morgan fingerprint density at radius 3 is 3.16 bits per heavy atom. The second-order valence-electron chi connectivity index (χ2n) is 4.95. The van der Waals surface area contributed by atoms with Gasteiger partial charge in [0.2, 0.25) is 0 Å². The van der Waals surface area contributed by atoms with Crippen LogP contribution in [0.1, 0.15) is 29.7 Å². The van der Waals surface area contributed by atoms with Gasteiger partial charge in [0.15, 0.2) is 0 Å². The number of hydrogen-bond acceptors (Lipinski definition) is 4. The van der Waals surface area contributed by atoms with E-state index in [9.17, 15) is 0 Å². The molecule has 2 rings (SSSR count). The Morgan fingerprint density at radius 1 is 1.53 bits per heavy atom. The Hall–Kier alpha value is -0.860. The highest BCUT2D eigenvalue weighted by Crippen LogP contribution is 2.19. The van der Waals surface area contributed by atoms with Crippen LogP contribution in [0.3, 0.4) is 0 Å². The average molecular weight is 278 g/mol. The molecule has 1 aliphatic rings. The molecule has 0 aliphatic carbocycles. The summed E-state index contributed by atoms with van der Waals surface area (Å²) in [5.41, 5.74) is 6.54. The number of hydrogen-bond donors (Lipinski definition) is 1. The molecule has 3 nitrogen and oxygen atoms in total. The van der Waals surface area contributed by atoms with E-state index in [1.165, 1.54) is 24.1 Å². The van der Waals surface area contributed by atoms with E-state index in [0.29, 0.717) is 12.6 Å². The lowest BCUT2D eigenvalue weighted by Gasteiger charge is -2.27. The molecule has 2 heterocycles. The van der Waals surface area contributed by atoms with Crippen molar-refractivity contribution >= 4 is 11.3 Å². The molecule has 2 N–H and O–H groups in total. The molecule has 0 radical (unpaired) electrons. The smallest absolute Gasteiger partial charge is 0.0702 e. The molecular weight excluding hydrogens is 256 g/mol. The summed E-state index contributed by atoms with van der Waals surface area (Å²) in [5, 5.41) is 2.10. The van der Waals surface area contributed by atoms with E-state index >= 15 is 0 Å². The molecule has 0 spiro atoms. The van der Waals surface area contributed by atoms with Crippen LogP contribution in [-0.4, -0.2) is 37.7 Å². The standard InChI is InChI=1S/C15H22N2OS/c1-17(11-14-6-2-3-9-18-14)12-15-13(5-4-8-16)7-10-19-15/h7,10,14H,2-3,6,8-9,11-12,16H2,1H3. The summed E-state index contributed by atoms with van der Waals surface area (Å²) in [6, 6.07) is 2.08. The van der Waals surface area contributed by atoms with E-state index < -0.39 is 0 Å². The maximum Gasteiger partial charge on any atom is 0.0702 e. The molecule has 4 heteroatoms. The summed E-state index contributed by atoms with van der Waals surface area (Å²) < 4.78 is 5.78. The number of nitrogens with two attached hydrogens (primary N) is 1. The number of nitrogens with zero attached hydrogens (tertiary/aromatic N) is 1. The third-order valence-electron chi connectivity index (χ3n) is 3.27. The molecule has 1 fully saturated rings. The Bertz CT molecular complexity index is 440. The van der Waals surface area contributed by atoms with Crippen LogP contribution in [-0.2, 0) is 11.3 Å². The van der Waals surface area contributed by atoms with Crippen molar-refractivity contribution in [3.63, 3.8) is 0 Å². The van der Waals surface area contributed by atoms with E-state index in [0.717, 1.165) is 25.3 Å². The molecule has 104 valence electrons. The first-order chi connectivity index (χ1) is 9.29.